The lowest BCUT2D eigenvalue weighted by Crippen LogP contribution is -2.08. The van der Waals surface area contributed by atoms with Crippen LogP contribution in [0.3, 0.4) is 0 Å². The molecule has 1 atom stereocenters. The van der Waals surface area contributed by atoms with E-state index in [9.17, 15) is 8.42 Å². The second kappa shape index (κ2) is 7.87. The van der Waals surface area contributed by atoms with Gasteiger partial charge in [-0.15, -0.1) is 0 Å². The lowest BCUT2D eigenvalue weighted by atomic mass is 9.86. The van der Waals surface area contributed by atoms with Crippen molar-refractivity contribution < 1.29 is 8.42 Å². The second-order valence-electron chi connectivity index (χ2n) is 7.70. The Kier molecular flexibility index (Phi) is 5.31. The van der Waals surface area contributed by atoms with Crippen molar-refractivity contribution in [3.8, 4) is 11.4 Å². The van der Waals surface area contributed by atoms with Gasteiger partial charge in [0.05, 0.1) is 16.8 Å². The Morgan fingerprint density at radius 2 is 1.82 bits per heavy atom. The predicted molar refractivity (Wildman–Crippen MR) is 110 cm³/mol. The number of benzene rings is 1. The number of aromatic nitrogens is 3. The van der Waals surface area contributed by atoms with E-state index in [1.54, 1.807) is 30.7 Å². The highest BCUT2D eigenvalue weighted by atomic mass is 32.2. The number of H-pyrrole nitrogens is 1. The standard InChI is InChI=1S/C22H25N3O2S/c1-28(26,27)18-8-6-17(7-9-18)19(14-16-4-2-3-5-16)20-10-11-21(25-20)22-15-23-12-13-24-22/h6-13,15-16,19,25H,2-5,14H2,1H3. The Morgan fingerprint density at radius 3 is 2.46 bits per heavy atom. The number of nitrogens with one attached hydrogen (secondary N) is 1. The maximum atomic E-state index is 11.8. The minimum atomic E-state index is -3.19. The molecule has 0 radical (unpaired) electrons. The van der Waals surface area contributed by atoms with Crippen LogP contribution in [0.5, 0.6) is 0 Å². The molecule has 2 heterocycles. The molecule has 28 heavy (non-hydrogen) atoms. The van der Waals surface area contributed by atoms with Gasteiger partial charge in [0.15, 0.2) is 9.84 Å². The summed E-state index contributed by atoms with van der Waals surface area (Å²) in [5.74, 6) is 0.921. The summed E-state index contributed by atoms with van der Waals surface area (Å²) in [7, 11) is -3.19. The molecule has 3 aromatic rings. The number of nitrogens with zero attached hydrogens (tertiary/aromatic N) is 2. The fourth-order valence-electron chi connectivity index (χ4n) is 4.17. The number of hydrogen-bond donors (Lipinski definition) is 1. The molecule has 1 N–H and O–H groups in total. The Labute approximate surface area is 166 Å². The van der Waals surface area contributed by atoms with Crippen molar-refractivity contribution in [2.75, 3.05) is 6.26 Å². The zero-order valence-electron chi connectivity index (χ0n) is 16.0. The third-order valence-corrected chi connectivity index (χ3v) is 6.81. The van der Waals surface area contributed by atoms with Gasteiger partial charge in [0.2, 0.25) is 0 Å². The SMILES string of the molecule is CS(=O)(=O)c1ccc(C(CC2CCCC2)c2ccc(-c3cnccn3)[nH]2)cc1. The van der Waals surface area contributed by atoms with E-state index in [-0.39, 0.29) is 5.92 Å². The zero-order chi connectivity index (χ0) is 19.6. The molecule has 0 aliphatic heterocycles. The minimum Gasteiger partial charge on any atom is -0.357 e. The highest BCUT2D eigenvalue weighted by Crippen LogP contribution is 2.38. The van der Waals surface area contributed by atoms with Crippen LogP contribution in [-0.4, -0.2) is 29.6 Å². The quantitative estimate of drug-likeness (QED) is 0.662. The molecule has 1 aliphatic rings. The summed E-state index contributed by atoms with van der Waals surface area (Å²) in [5.41, 5.74) is 4.06. The van der Waals surface area contributed by atoms with Gasteiger partial charge in [-0.3, -0.25) is 9.97 Å². The molecule has 5 nitrogen and oxygen atoms in total. The van der Waals surface area contributed by atoms with Crippen molar-refractivity contribution in [2.24, 2.45) is 5.92 Å². The van der Waals surface area contributed by atoms with Gasteiger partial charge in [-0.05, 0) is 42.2 Å². The highest BCUT2D eigenvalue weighted by molar-refractivity contribution is 7.90. The lowest BCUT2D eigenvalue weighted by molar-refractivity contribution is 0.469. The molecular formula is C22H25N3O2S. The van der Waals surface area contributed by atoms with E-state index >= 15 is 0 Å². The van der Waals surface area contributed by atoms with Crippen LogP contribution >= 0.6 is 0 Å². The molecule has 1 saturated carbocycles. The largest absolute Gasteiger partial charge is 0.357 e. The van der Waals surface area contributed by atoms with E-state index in [0.717, 1.165) is 29.1 Å². The van der Waals surface area contributed by atoms with Gasteiger partial charge in [-0.25, -0.2) is 8.42 Å². The van der Waals surface area contributed by atoms with Crippen molar-refractivity contribution in [1.82, 2.24) is 15.0 Å². The summed E-state index contributed by atoms with van der Waals surface area (Å²) >= 11 is 0. The molecule has 2 aromatic heterocycles. The third kappa shape index (κ3) is 4.17. The van der Waals surface area contributed by atoms with Crippen LogP contribution in [0.2, 0.25) is 0 Å². The average molecular weight is 396 g/mol. The van der Waals surface area contributed by atoms with Gasteiger partial charge >= 0.3 is 0 Å². The van der Waals surface area contributed by atoms with Crippen LogP contribution in [0.1, 0.15) is 49.3 Å². The normalized spacial score (nSPS) is 16.3. The Balaban J connectivity index is 1.67. The summed E-state index contributed by atoms with van der Waals surface area (Å²) in [6, 6.07) is 11.5. The Morgan fingerprint density at radius 1 is 1.07 bits per heavy atom. The molecule has 0 amide bonds. The minimum absolute atomic E-state index is 0.210. The molecule has 0 bridgehead atoms. The molecule has 146 valence electrons. The van der Waals surface area contributed by atoms with Gasteiger partial charge in [-0.1, -0.05) is 37.8 Å². The predicted octanol–water partition coefficient (Wildman–Crippen LogP) is 4.59. The maximum absolute atomic E-state index is 11.8. The van der Waals surface area contributed by atoms with E-state index in [1.807, 2.05) is 18.2 Å². The van der Waals surface area contributed by atoms with Crippen LogP contribution in [0, 0.1) is 5.92 Å². The first-order valence-corrected chi connectivity index (χ1v) is 11.6. The molecule has 1 aliphatic carbocycles. The maximum Gasteiger partial charge on any atom is 0.175 e. The highest BCUT2D eigenvalue weighted by Gasteiger charge is 2.24. The molecule has 1 aromatic carbocycles. The summed E-state index contributed by atoms with van der Waals surface area (Å²) in [6.45, 7) is 0. The van der Waals surface area contributed by atoms with Gasteiger partial charge in [0.25, 0.3) is 0 Å². The van der Waals surface area contributed by atoms with Crippen molar-refractivity contribution >= 4 is 9.84 Å². The summed E-state index contributed by atoms with van der Waals surface area (Å²) < 4.78 is 23.6. The third-order valence-electron chi connectivity index (χ3n) is 5.68. The molecule has 0 saturated heterocycles. The molecule has 1 unspecified atom stereocenters. The van der Waals surface area contributed by atoms with Gasteiger partial charge < -0.3 is 4.98 Å². The van der Waals surface area contributed by atoms with E-state index in [2.05, 4.69) is 21.0 Å². The topological polar surface area (TPSA) is 75.7 Å². The smallest absolute Gasteiger partial charge is 0.175 e. The van der Waals surface area contributed by atoms with E-state index in [4.69, 9.17) is 0 Å². The monoisotopic (exact) mass is 395 g/mol. The summed E-state index contributed by atoms with van der Waals surface area (Å²) in [6.07, 6.45) is 12.6. The fraction of sp³-hybridized carbons (Fsp3) is 0.364. The zero-order valence-corrected chi connectivity index (χ0v) is 16.8. The molecule has 0 spiro atoms. The first kappa shape index (κ1) is 18.9. The average Bonchev–Trinajstić information content (AvgIpc) is 3.38. The molecular weight excluding hydrogens is 370 g/mol. The van der Waals surface area contributed by atoms with Crippen LogP contribution in [-0.2, 0) is 9.84 Å². The van der Waals surface area contributed by atoms with Crippen molar-refractivity contribution in [3.05, 3.63) is 66.2 Å². The summed E-state index contributed by atoms with van der Waals surface area (Å²) in [4.78, 5) is 12.4. The molecule has 1 fully saturated rings. The van der Waals surface area contributed by atoms with Crippen molar-refractivity contribution in [2.45, 2.75) is 42.9 Å². The number of sulfone groups is 1. The Hall–Kier alpha value is -2.47. The first-order chi connectivity index (χ1) is 13.5. The van der Waals surface area contributed by atoms with Crippen LogP contribution in [0.15, 0.2) is 59.9 Å². The summed E-state index contributed by atoms with van der Waals surface area (Å²) in [5, 5.41) is 0. The van der Waals surface area contributed by atoms with Crippen molar-refractivity contribution in [1.29, 1.82) is 0 Å². The first-order valence-electron chi connectivity index (χ1n) is 9.76. The van der Waals surface area contributed by atoms with E-state index in [0.29, 0.717) is 10.8 Å². The number of rotatable bonds is 6. The fourth-order valence-corrected chi connectivity index (χ4v) is 4.80. The molecule has 6 heteroatoms. The van der Waals surface area contributed by atoms with Crippen LogP contribution in [0.25, 0.3) is 11.4 Å². The van der Waals surface area contributed by atoms with Crippen LogP contribution < -0.4 is 0 Å². The van der Waals surface area contributed by atoms with E-state index in [1.165, 1.54) is 31.9 Å². The number of hydrogen-bond acceptors (Lipinski definition) is 4. The lowest BCUT2D eigenvalue weighted by Gasteiger charge is -2.21. The van der Waals surface area contributed by atoms with Gasteiger partial charge in [0.1, 0.15) is 5.69 Å². The van der Waals surface area contributed by atoms with Gasteiger partial charge in [0, 0.05) is 30.3 Å². The number of aromatic amines is 1. The van der Waals surface area contributed by atoms with E-state index < -0.39 is 9.84 Å². The van der Waals surface area contributed by atoms with Crippen molar-refractivity contribution in [3.63, 3.8) is 0 Å². The molecule has 4 rings (SSSR count). The van der Waals surface area contributed by atoms with Crippen LogP contribution in [0.4, 0.5) is 0 Å². The Bertz CT molecular complexity index is 1020. The second-order valence-corrected chi connectivity index (χ2v) is 9.71. The van der Waals surface area contributed by atoms with Gasteiger partial charge in [-0.2, -0.15) is 0 Å².